The maximum atomic E-state index is 8.48. The van der Waals surface area contributed by atoms with E-state index in [2.05, 4.69) is 28.9 Å². The lowest BCUT2D eigenvalue weighted by atomic mass is 10.2. The Balaban J connectivity index is 2.38. The van der Waals surface area contributed by atoms with Gasteiger partial charge in [0.25, 0.3) is 0 Å². The zero-order valence-corrected chi connectivity index (χ0v) is 8.40. The fourth-order valence-electron chi connectivity index (χ4n) is 1.20. The minimum absolute atomic E-state index is 0.0564. The molecule has 0 aliphatic rings. The van der Waals surface area contributed by atoms with Crippen LogP contribution in [0.1, 0.15) is 5.56 Å². The molecule has 1 N–H and O–H groups in total. The van der Waals surface area contributed by atoms with Gasteiger partial charge in [-0.1, -0.05) is 42.2 Å². The molecule has 2 nitrogen and oxygen atoms in total. The summed E-state index contributed by atoms with van der Waals surface area (Å²) in [4.78, 5) is 2.11. The van der Waals surface area contributed by atoms with E-state index in [0.717, 1.165) is 6.54 Å². The van der Waals surface area contributed by atoms with Crippen LogP contribution in [0.25, 0.3) is 0 Å². The Kier molecular flexibility index (Phi) is 4.77. The molecule has 0 unspecified atom stereocenters. The van der Waals surface area contributed by atoms with Gasteiger partial charge in [-0.15, -0.1) is 0 Å². The minimum Gasteiger partial charge on any atom is -0.384 e. The van der Waals surface area contributed by atoms with Crippen molar-refractivity contribution in [3.8, 4) is 11.8 Å². The average Bonchev–Trinajstić information content (AvgIpc) is 2.20. The summed E-state index contributed by atoms with van der Waals surface area (Å²) in [5.41, 5.74) is 1.28. The monoisotopic (exact) mass is 189 g/mol. The van der Waals surface area contributed by atoms with Gasteiger partial charge in [-0.3, -0.25) is 4.90 Å². The van der Waals surface area contributed by atoms with Crippen LogP contribution < -0.4 is 0 Å². The highest BCUT2D eigenvalue weighted by atomic mass is 16.2. The van der Waals surface area contributed by atoms with Gasteiger partial charge in [0.15, 0.2) is 0 Å². The van der Waals surface area contributed by atoms with Crippen molar-refractivity contribution >= 4 is 0 Å². The van der Waals surface area contributed by atoms with Gasteiger partial charge in [-0.05, 0) is 12.6 Å². The molecule has 0 aliphatic carbocycles. The lowest BCUT2D eigenvalue weighted by molar-refractivity contribution is 0.348. The largest absolute Gasteiger partial charge is 0.384 e. The predicted molar refractivity (Wildman–Crippen MR) is 57.6 cm³/mol. The molecule has 1 aromatic carbocycles. The molecule has 0 atom stereocenters. The van der Waals surface area contributed by atoms with Crippen molar-refractivity contribution < 1.29 is 5.11 Å². The van der Waals surface area contributed by atoms with E-state index in [4.69, 9.17) is 5.11 Å². The van der Waals surface area contributed by atoms with Gasteiger partial charge in [0.1, 0.15) is 6.61 Å². The van der Waals surface area contributed by atoms with E-state index in [1.54, 1.807) is 0 Å². The second kappa shape index (κ2) is 6.20. The molecule has 74 valence electrons. The van der Waals surface area contributed by atoms with Crippen LogP contribution in [0.3, 0.4) is 0 Å². The highest BCUT2D eigenvalue weighted by molar-refractivity contribution is 5.14. The van der Waals surface area contributed by atoms with E-state index in [0.29, 0.717) is 6.54 Å². The second-order valence-corrected chi connectivity index (χ2v) is 3.17. The van der Waals surface area contributed by atoms with E-state index in [-0.39, 0.29) is 6.61 Å². The normalized spacial score (nSPS) is 9.64. The van der Waals surface area contributed by atoms with Gasteiger partial charge < -0.3 is 5.11 Å². The molecule has 0 spiro atoms. The summed E-state index contributed by atoms with van der Waals surface area (Å²) < 4.78 is 0. The third kappa shape index (κ3) is 4.08. The summed E-state index contributed by atoms with van der Waals surface area (Å²) >= 11 is 0. The predicted octanol–water partition coefficient (Wildman–Crippen LogP) is 1.11. The van der Waals surface area contributed by atoms with Gasteiger partial charge in [0.05, 0.1) is 6.54 Å². The number of hydrogen-bond donors (Lipinski definition) is 1. The van der Waals surface area contributed by atoms with Crippen molar-refractivity contribution in [2.75, 3.05) is 20.2 Å². The van der Waals surface area contributed by atoms with Crippen LogP contribution in [0.4, 0.5) is 0 Å². The van der Waals surface area contributed by atoms with E-state index in [1.165, 1.54) is 5.56 Å². The third-order valence-electron chi connectivity index (χ3n) is 1.85. The molecular formula is C12H15NO. The Bertz CT molecular complexity index is 310. The van der Waals surface area contributed by atoms with E-state index in [1.807, 2.05) is 25.2 Å². The number of benzene rings is 1. The third-order valence-corrected chi connectivity index (χ3v) is 1.85. The molecule has 0 aliphatic heterocycles. The first-order valence-electron chi connectivity index (χ1n) is 4.62. The van der Waals surface area contributed by atoms with Crippen molar-refractivity contribution in [3.63, 3.8) is 0 Å². The Morgan fingerprint density at radius 1 is 1.21 bits per heavy atom. The number of aliphatic hydroxyl groups excluding tert-OH is 1. The van der Waals surface area contributed by atoms with Crippen molar-refractivity contribution in [3.05, 3.63) is 35.9 Å². The molecule has 0 radical (unpaired) electrons. The van der Waals surface area contributed by atoms with Crippen molar-refractivity contribution in [2.45, 2.75) is 6.54 Å². The molecule has 0 saturated carbocycles. The number of nitrogens with zero attached hydrogens (tertiary/aromatic N) is 1. The van der Waals surface area contributed by atoms with Crippen LogP contribution in [0.5, 0.6) is 0 Å². The lowest BCUT2D eigenvalue weighted by Crippen LogP contribution is -2.17. The number of rotatable bonds is 3. The maximum absolute atomic E-state index is 8.48. The summed E-state index contributed by atoms with van der Waals surface area (Å²) in [7, 11) is 2.01. The van der Waals surface area contributed by atoms with Crippen LogP contribution in [-0.4, -0.2) is 30.2 Å². The zero-order chi connectivity index (χ0) is 10.2. The van der Waals surface area contributed by atoms with Gasteiger partial charge >= 0.3 is 0 Å². The van der Waals surface area contributed by atoms with Gasteiger partial charge in [-0.2, -0.15) is 0 Å². The Morgan fingerprint density at radius 2 is 1.93 bits per heavy atom. The summed E-state index contributed by atoms with van der Waals surface area (Å²) in [5.74, 6) is 5.51. The summed E-state index contributed by atoms with van der Waals surface area (Å²) in [5, 5.41) is 8.48. The number of aliphatic hydroxyl groups is 1. The molecule has 0 saturated heterocycles. The molecule has 0 aromatic heterocycles. The highest BCUT2D eigenvalue weighted by Crippen LogP contribution is 2.01. The quantitative estimate of drug-likeness (QED) is 0.720. The van der Waals surface area contributed by atoms with Crippen LogP contribution in [0.15, 0.2) is 30.3 Å². The summed E-state index contributed by atoms with van der Waals surface area (Å²) in [6.45, 7) is 1.52. The molecule has 14 heavy (non-hydrogen) atoms. The molecule has 0 fully saturated rings. The first kappa shape index (κ1) is 10.8. The van der Waals surface area contributed by atoms with Crippen LogP contribution in [0, 0.1) is 11.8 Å². The van der Waals surface area contributed by atoms with Crippen LogP contribution in [-0.2, 0) is 6.54 Å². The molecule has 1 aromatic rings. The molecule has 0 bridgehead atoms. The Labute approximate surface area is 85.2 Å². The summed E-state index contributed by atoms with van der Waals surface area (Å²) in [6, 6.07) is 10.3. The smallest absolute Gasteiger partial charge is 0.104 e. The molecule has 2 heteroatoms. The van der Waals surface area contributed by atoms with Crippen molar-refractivity contribution in [2.24, 2.45) is 0 Å². The van der Waals surface area contributed by atoms with Gasteiger partial charge in [0, 0.05) is 6.54 Å². The zero-order valence-electron chi connectivity index (χ0n) is 8.40. The fraction of sp³-hybridized carbons (Fsp3) is 0.333. The molecular weight excluding hydrogens is 174 g/mol. The van der Waals surface area contributed by atoms with Gasteiger partial charge in [0.2, 0.25) is 0 Å². The number of hydrogen-bond acceptors (Lipinski definition) is 2. The van der Waals surface area contributed by atoms with Crippen molar-refractivity contribution in [1.29, 1.82) is 0 Å². The van der Waals surface area contributed by atoms with Crippen molar-refractivity contribution in [1.82, 2.24) is 4.90 Å². The maximum Gasteiger partial charge on any atom is 0.104 e. The lowest BCUT2D eigenvalue weighted by Gasteiger charge is -2.12. The minimum atomic E-state index is -0.0564. The first-order chi connectivity index (χ1) is 6.83. The Morgan fingerprint density at radius 3 is 2.57 bits per heavy atom. The van der Waals surface area contributed by atoms with Crippen LogP contribution in [0.2, 0.25) is 0 Å². The van der Waals surface area contributed by atoms with E-state index >= 15 is 0 Å². The first-order valence-corrected chi connectivity index (χ1v) is 4.62. The average molecular weight is 189 g/mol. The molecule has 0 heterocycles. The SMILES string of the molecule is CN(CC#CCO)Cc1ccccc1. The van der Waals surface area contributed by atoms with E-state index < -0.39 is 0 Å². The summed E-state index contributed by atoms with van der Waals surface area (Å²) in [6.07, 6.45) is 0. The van der Waals surface area contributed by atoms with Gasteiger partial charge in [-0.25, -0.2) is 0 Å². The second-order valence-electron chi connectivity index (χ2n) is 3.17. The van der Waals surface area contributed by atoms with Crippen LogP contribution >= 0.6 is 0 Å². The molecule has 1 rings (SSSR count). The molecule has 0 amide bonds. The van der Waals surface area contributed by atoms with E-state index in [9.17, 15) is 0 Å². The standard InChI is InChI=1S/C12H15NO/c1-13(9-5-6-10-14)11-12-7-3-2-4-8-12/h2-4,7-8,14H,9-11H2,1H3. The highest BCUT2D eigenvalue weighted by Gasteiger charge is 1.96. The fourth-order valence-corrected chi connectivity index (χ4v) is 1.20. The Hall–Kier alpha value is -1.30. The topological polar surface area (TPSA) is 23.5 Å².